The number of rotatable bonds is 7. The lowest BCUT2D eigenvalue weighted by Gasteiger charge is -2.46. The number of ether oxygens (including phenoxy) is 4. The summed E-state index contributed by atoms with van der Waals surface area (Å²) in [7, 11) is 0. The lowest BCUT2D eigenvalue weighted by atomic mass is 9.72. The Balaban J connectivity index is 1.47. The van der Waals surface area contributed by atoms with Crippen LogP contribution in [0.15, 0.2) is 42.5 Å². The molecule has 0 spiro atoms. The number of esters is 1. The van der Waals surface area contributed by atoms with Crippen LogP contribution in [0.25, 0.3) is 0 Å². The van der Waals surface area contributed by atoms with Gasteiger partial charge < -0.3 is 18.9 Å². The van der Waals surface area contributed by atoms with Crippen LogP contribution in [0.2, 0.25) is 0 Å². The van der Waals surface area contributed by atoms with Crippen molar-refractivity contribution >= 4 is 12.1 Å². The van der Waals surface area contributed by atoms with Crippen LogP contribution in [-0.4, -0.2) is 47.9 Å². The molecule has 0 bridgehead atoms. The van der Waals surface area contributed by atoms with E-state index >= 15 is 0 Å². The maximum absolute atomic E-state index is 14.8. The van der Waals surface area contributed by atoms with Crippen LogP contribution in [0.1, 0.15) is 64.5 Å². The van der Waals surface area contributed by atoms with E-state index in [0.29, 0.717) is 25.8 Å². The molecular weight excluding hydrogens is 515 g/mol. The lowest BCUT2D eigenvalue weighted by Crippen LogP contribution is -2.56. The molecule has 0 aromatic heterocycles. The second-order valence-corrected chi connectivity index (χ2v) is 11.4. The molecule has 1 saturated carbocycles. The molecule has 2 aromatic carbocycles. The molecule has 2 aliphatic rings. The van der Waals surface area contributed by atoms with Gasteiger partial charge in [0.05, 0.1) is 12.7 Å². The molecule has 1 amide bonds. The van der Waals surface area contributed by atoms with Gasteiger partial charge in [-0.05, 0) is 70.8 Å². The van der Waals surface area contributed by atoms with Gasteiger partial charge in [0.15, 0.2) is 0 Å². The number of piperidine rings is 1. The number of hydrogen-bond acceptors (Lipinski definition) is 7. The summed E-state index contributed by atoms with van der Waals surface area (Å²) in [5.74, 6) is -0.499. The summed E-state index contributed by atoms with van der Waals surface area (Å²) in [6.45, 7) is 7.95. The second kappa shape index (κ2) is 12.6. The Labute approximate surface area is 235 Å². The monoisotopic (exact) mass is 552 g/mol. The number of hydrogen-bond donors (Lipinski definition) is 0. The van der Waals surface area contributed by atoms with Crippen molar-refractivity contribution < 1.29 is 32.9 Å². The van der Waals surface area contributed by atoms with Gasteiger partial charge >= 0.3 is 12.1 Å². The van der Waals surface area contributed by atoms with Gasteiger partial charge in [-0.15, -0.1) is 0 Å². The smallest absolute Gasteiger partial charge is 0.411 e. The highest BCUT2D eigenvalue weighted by atomic mass is 19.1. The topological polar surface area (TPSA) is 98.1 Å². The zero-order valence-corrected chi connectivity index (χ0v) is 23.5. The van der Waals surface area contributed by atoms with Crippen molar-refractivity contribution in [1.82, 2.24) is 4.90 Å². The summed E-state index contributed by atoms with van der Waals surface area (Å²) in [4.78, 5) is 27.3. The third-order valence-electron chi connectivity index (χ3n) is 7.29. The van der Waals surface area contributed by atoms with Crippen molar-refractivity contribution in [3.8, 4) is 17.6 Å². The maximum Gasteiger partial charge on any atom is 0.411 e. The molecule has 8 nitrogen and oxygen atoms in total. The predicted molar refractivity (Wildman–Crippen MR) is 145 cm³/mol. The molecule has 2 aromatic rings. The minimum Gasteiger partial charge on any atom is -0.489 e. The highest BCUT2D eigenvalue weighted by molar-refractivity contribution is 5.82. The summed E-state index contributed by atoms with van der Waals surface area (Å²) >= 11 is 0. The first-order chi connectivity index (χ1) is 19.1. The molecule has 2 fully saturated rings. The number of benzene rings is 2. The van der Waals surface area contributed by atoms with Crippen molar-refractivity contribution in [3.05, 3.63) is 59.4 Å². The van der Waals surface area contributed by atoms with Gasteiger partial charge in [-0.2, -0.15) is 5.26 Å². The van der Waals surface area contributed by atoms with Crippen LogP contribution >= 0.6 is 0 Å². The first-order valence-corrected chi connectivity index (χ1v) is 13.8. The van der Waals surface area contributed by atoms with Crippen molar-refractivity contribution in [2.75, 3.05) is 13.2 Å². The minimum absolute atomic E-state index is 0.0831. The van der Waals surface area contributed by atoms with E-state index in [-0.39, 0.29) is 48.2 Å². The van der Waals surface area contributed by atoms with Gasteiger partial charge in [-0.1, -0.05) is 30.3 Å². The fraction of sp³-hybridized carbons (Fsp3) is 0.516. The number of nitrogens with zero attached hydrogens (tertiary/aromatic N) is 2. The van der Waals surface area contributed by atoms with Gasteiger partial charge in [-0.25, -0.2) is 14.0 Å². The van der Waals surface area contributed by atoms with Crippen molar-refractivity contribution in [1.29, 1.82) is 5.26 Å². The normalized spacial score (nSPS) is 22.4. The average Bonchev–Trinajstić information content (AvgIpc) is 2.91. The van der Waals surface area contributed by atoms with Gasteiger partial charge in [0.25, 0.3) is 0 Å². The van der Waals surface area contributed by atoms with Crippen LogP contribution < -0.4 is 9.47 Å². The molecule has 9 heteroatoms. The Hall–Kier alpha value is -3.80. The molecule has 40 heavy (non-hydrogen) atoms. The quantitative estimate of drug-likeness (QED) is 0.388. The van der Waals surface area contributed by atoms with Crippen LogP contribution in [0.3, 0.4) is 0 Å². The molecule has 1 heterocycles. The summed E-state index contributed by atoms with van der Waals surface area (Å²) < 4.78 is 37.7. The predicted octanol–water partition coefficient (Wildman–Crippen LogP) is 6.01. The molecule has 0 radical (unpaired) electrons. The Morgan fingerprint density at radius 2 is 1.85 bits per heavy atom. The maximum atomic E-state index is 14.8. The highest BCUT2D eigenvalue weighted by Gasteiger charge is 2.46. The molecule has 0 N–H and O–H groups in total. The van der Waals surface area contributed by atoms with Crippen LogP contribution in [0, 0.1) is 29.0 Å². The Morgan fingerprint density at radius 1 is 1.10 bits per heavy atom. The number of likely N-dealkylation sites (tertiary alicyclic amines) is 1. The first kappa shape index (κ1) is 29.2. The van der Waals surface area contributed by atoms with Gasteiger partial charge in [0.1, 0.15) is 47.2 Å². The zero-order chi connectivity index (χ0) is 28.9. The van der Waals surface area contributed by atoms with E-state index in [1.54, 1.807) is 33.8 Å². The van der Waals surface area contributed by atoms with E-state index in [9.17, 15) is 19.2 Å². The Bertz CT molecular complexity index is 1240. The SMILES string of the molecule is CCOC(=O)[C@@H]1C[C@H]2C[C@@H](Oc3cc(OCc4ccccc4)cc(F)c3C#N)CC[C@H]2CN1C(=O)OC(C)(C)C. The second-order valence-electron chi connectivity index (χ2n) is 11.4. The van der Waals surface area contributed by atoms with Gasteiger partial charge in [0, 0.05) is 18.7 Å². The zero-order valence-electron chi connectivity index (χ0n) is 23.5. The van der Waals surface area contributed by atoms with Crippen molar-refractivity contribution in [3.63, 3.8) is 0 Å². The highest BCUT2D eigenvalue weighted by Crippen LogP contribution is 2.41. The summed E-state index contributed by atoms with van der Waals surface area (Å²) in [5, 5.41) is 9.61. The molecule has 4 atom stereocenters. The van der Waals surface area contributed by atoms with E-state index in [1.165, 1.54) is 11.0 Å². The molecule has 1 aliphatic heterocycles. The van der Waals surface area contributed by atoms with E-state index in [0.717, 1.165) is 12.0 Å². The van der Waals surface area contributed by atoms with E-state index in [4.69, 9.17) is 18.9 Å². The minimum atomic E-state index is -0.753. The van der Waals surface area contributed by atoms with Gasteiger partial charge in [0.2, 0.25) is 0 Å². The largest absolute Gasteiger partial charge is 0.489 e. The number of halogens is 1. The third-order valence-corrected chi connectivity index (χ3v) is 7.29. The number of nitriles is 1. The summed E-state index contributed by atoms with van der Waals surface area (Å²) in [6.07, 6.45) is 1.62. The number of fused-ring (bicyclic) bond motifs is 1. The van der Waals surface area contributed by atoms with E-state index < -0.39 is 29.5 Å². The fourth-order valence-corrected chi connectivity index (χ4v) is 5.46. The number of carbonyl (C=O) groups is 2. The molecule has 0 unspecified atom stereocenters. The van der Waals surface area contributed by atoms with Crippen molar-refractivity contribution in [2.24, 2.45) is 11.8 Å². The fourth-order valence-electron chi connectivity index (χ4n) is 5.46. The van der Waals surface area contributed by atoms with Crippen LogP contribution in [0.4, 0.5) is 9.18 Å². The van der Waals surface area contributed by atoms with Crippen molar-refractivity contribution in [2.45, 2.75) is 77.7 Å². The Morgan fingerprint density at radius 3 is 2.52 bits per heavy atom. The molecular formula is C31H37FN2O6. The molecule has 1 saturated heterocycles. The molecule has 214 valence electrons. The first-order valence-electron chi connectivity index (χ1n) is 13.8. The summed E-state index contributed by atoms with van der Waals surface area (Å²) in [5.41, 5.74) is 0.0754. The third kappa shape index (κ3) is 7.23. The van der Waals surface area contributed by atoms with Crippen LogP contribution in [0.5, 0.6) is 11.5 Å². The summed E-state index contributed by atoms with van der Waals surface area (Å²) in [6, 6.07) is 13.4. The molecule has 1 aliphatic carbocycles. The number of amides is 1. The van der Waals surface area contributed by atoms with E-state index in [2.05, 4.69) is 0 Å². The lowest BCUT2D eigenvalue weighted by molar-refractivity contribution is -0.153. The molecule has 4 rings (SSSR count). The van der Waals surface area contributed by atoms with Crippen LogP contribution in [-0.2, 0) is 20.9 Å². The van der Waals surface area contributed by atoms with E-state index in [1.807, 2.05) is 36.4 Å². The standard InChI is InChI=1S/C31H37FN2O6/c1-5-37-29(35)27-14-22-13-23(12-11-21(22)18-34(27)30(36)40-31(2,3)4)39-28-16-24(15-26(32)25(28)17-33)38-19-20-9-7-6-8-10-20/h6-10,15-16,21-23,27H,5,11-14,18-19H2,1-4H3/t21-,22+,23-,27-/m0/s1. The Kier molecular flexibility index (Phi) is 9.18. The average molecular weight is 553 g/mol. The van der Waals surface area contributed by atoms with Gasteiger partial charge in [-0.3, -0.25) is 4.90 Å². The number of carbonyl (C=O) groups excluding carboxylic acids is 2.